The number of hydrogen-bond donors (Lipinski definition) is 1. The number of benzene rings is 1. The second-order valence-electron chi connectivity index (χ2n) is 3.22. The molecule has 0 aliphatic heterocycles. The first kappa shape index (κ1) is 11.8. The zero-order valence-electron chi connectivity index (χ0n) is 8.50. The van der Waals surface area contributed by atoms with Crippen molar-refractivity contribution in [2.45, 2.75) is 0 Å². The molecule has 5 nitrogen and oxygen atoms in total. The van der Waals surface area contributed by atoms with Gasteiger partial charge in [0.05, 0.1) is 5.69 Å². The molecule has 2 rings (SSSR count). The molecule has 0 atom stereocenters. The molecule has 0 radical (unpaired) electrons. The zero-order valence-corrected chi connectivity index (χ0v) is 10.7. The molecule has 0 bridgehead atoms. The summed E-state index contributed by atoms with van der Waals surface area (Å²) in [7, 11) is 0. The quantitative estimate of drug-likeness (QED) is 0.841. The van der Waals surface area contributed by atoms with Gasteiger partial charge < -0.3 is 5.11 Å². The highest BCUT2D eigenvalue weighted by Gasteiger charge is 2.13. The number of halogens is 1. The van der Waals surface area contributed by atoms with Gasteiger partial charge in [-0.05, 0) is 40.8 Å². The number of aromatic nitrogens is 2. The molecular weight excluding hydrogens is 335 g/mol. The Balaban J connectivity index is 2.70. The van der Waals surface area contributed by atoms with Crippen molar-refractivity contribution < 1.29 is 9.90 Å². The van der Waals surface area contributed by atoms with E-state index < -0.39 is 11.5 Å². The number of carbonyl (C=O) groups is 1. The van der Waals surface area contributed by atoms with Crippen molar-refractivity contribution in [1.82, 2.24) is 9.78 Å². The first-order chi connectivity index (χ1) is 8.11. The first-order valence-corrected chi connectivity index (χ1v) is 5.75. The molecular formula is C11H7IN2O3. The van der Waals surface area contributed by atoms with Gasteiger partial charge in [-0.2, -0.15) is 9.78 Å². The molecule has 2 aromatic rings. The van der Waals surface area contributed by atoms with E-state index >= 15 is 0 Å². The molecule has 17 heavy (non-hydrogen) atoms. The second-order valence-corrected chi connectivity index (χ2v) is 4.38. The molecule has 1 heterocycles. The van der Waals surface area contributed by atoms with Crippen LogP contribution in [0.1, 0.15) is 10.4 Å². The molecule has 0 saturated carbocycles. The van der Waals surface area contributed by atoms with Crippen LogP contribution in [-0.2, 0) is 0 Å². The lowest BCUT2D eigenvalue weighted by Gasteiger charge is -2.06. The lowest BCUT2D eigenvalue weighted by atomic mass is 10.3. The molecule has 0 amide bonds. The average Bonchev–Trinajstić information content (AvgIpc) is 2.30. The van der Waals surface area contributed by atoms with Crippen LogP contribution >= 0.6 is 22.6 Å². The summed E-state index contributed by atoms with van der Waals surface area (Å²) < 4.78 is 1.91. The Morgan fingerprint density at radius 3 is 2.65 bits per heavy atom. The number of aromatic carboxylic acids is 1. The van der Waals surface area contributed by atoms with Crippen LogP contribution in [0.25, 0.3) is 5.69 Å². The van der Waals surface area contributed by atoms with E-state index in [0.717, 1.165) is 8.25 Å². The lowest BCUT2D eigenvalue weighted by Crippen LogP contribution is -2.27. The summed E-state index contributed by atoms with van der Waals surface area (Å²) in [4.78, 5) is 22.7. The Hall–Kier alpha value is -1.70. The number of carboxylic acids is 1. The van der Waals surface area contributed by atoms with Gasteiger partial charge >= 0.3 is 5.97 Å². The fourth-order valence-electron chi connectivity index (χ4n) is 1.37. The Kier molecular flexibility index (Phi) is 3.23. The van der Waals surface area contributed by atoms with Crippen LogP contribution in [0.3, 0.4) is 0 Å². The predicted molar refractivity (Wildman–Crippen MR) is 69.5 cm³/mol. The normalized spacial score (nSPS) is 10.2. The number of nitrogens with zero attached hydrogens (tertiary/aromatic N) is 2. The van der Waals surface area contributed by atoms with Gasteiger partial charge in [0.2, 0.25) is 0 Å². The highest BCUT2D eigenvalue weighted by atomic mass is 127. The number of carboxylic acid groups (broad SMARTS) is 1. The molecule has 0 saturated heterocycles. The minimum Gasteiger partial charge on any atom is -0.477 e. The van der Waals surface area contributed by atoms with E-state index in [-0.39, 0.29) is 5.56 Å². The minimum atomic E-state index is -1.25. The second kappa shape index (κ2) is 4.66. The maximum Gasteiger partial charge on any atom is 0.341 e. The number of hydrogen-bond acceptors (Lipinski definition) is 3. The van der Waals surface area contributed by atoms with E-state index in [4.69, 9.17) is 5.11 Å². The molecule has 0 unspecified atom stereocenters. The molecule has 1 aromatic heterocycles. The van der Waals surface area contributed by atoms with Gasteiger partial charge in [-0.1, -0.05) is 12.1 Å². The standard InChI is InChI=1S/C11H7IN2O3/c12-8-3-1-2-4-9(8)14-10(15)7(11(16)17)5-6-13-14/h1-6H,(H,16,17). The van der Waals surface area contributed by atoms with Gasteiger partial charge in [-0.15, -0.1) is 0 Å². The van der Waals surface area contributed by atoms with Gasteiger partial charge in [-0.3, -0.25) is 4.79 Å². The van der Waals surface area contributed by atoms with Crippen molar-refractivity contribution in [1.29, 1.82) is 0 Å². The van der Waals surface area contributed by atoms with E-state index in [2.05, 4.69) is 27.7 Å². The Labute approximate surface area is 110 Å². The SMILES string of the molecule is O=C(O)c1ccnn(-c2ccccc2I)c1=O. The van der Waals surface area contributed by atoms with Gasteiger partial charge in [0.25, 0.3) is 5.56 Å². The average molecular weight is 342 g/mol. The van der Waals surface area contributed by atoms with Gasteiger partial charge in [0.1, 0.15) is 5.56 Å². The largest absolute Gasteiger partial charge is 0.477 e. The third-order valence-corrected chi connectivity index (χ3v) is 3.07. The fraction of sp³-hybridized carbons (Fsp3) is 0. The minimum absolute atomic E-state index is 0.292. The molecule has 0 fully saturated rings. The molecule has 0 aliphatic carbocycles. The van der Waals surface area contributed by atoms with E-state index in [9.17, 15) is 9.59 Å². The topological polar surface area (TPSA) is 72.2 Å². The molecule has 1 aromatic carbocycles. The van der Waals surface area contributed by atoms with Crippen LogP contribution < -0.4 is 5.56 Å². The maximum absolute atomic E-state index is 11.9. The molecule has 6 heteroatoms. The van der Waals surface area contributed by atoms with Crippen molar-refractivity contribution in [3.63, 3.8) is 0 Å². The van der Waals surface area contributed by atoms with Crippen LogP contribution in [0.2, 0.25) is 0 Å². The first-order valence-electron chi connectivity index (χ1n) is 4.68. The van der Waals surface area contributed by atoms with Crippen molar-refractivity contribution in [2.24, 2.45) is 0 Å². The Morgan fingerprint density at radius 2 is 2.00 bits per heavy atom. The summed E-state index contributed by atoms with van der Waals surface area (Å²) in [6, 6.07) is 8.31. The summed E-state index contributed by atoms with van der Waals surface area (Å²) in [5.41, 5.74) is -0.357. The summed E-state index contributed by atoms with van der Waals surface area (Å²) in [5.74, 6) is -1.25. The molecule has 0 aliphatic rings. The lowest BCUT2D eigenvalue weighted by molar-refractivity contribution is 0.0694. The predicted octanol–water partition coefficient (Wildman–Crippen LogP) is 1.54. The van der Waals surface area contributed by atoms with E-state index in [1.165, 1.54) is 12.3 Å². The summed E-state index contributed by atoms with van der Waals surface area (Å²) in [6.07, 6.45) is 1.30. The third-order valence-electron chi connectivity index (χ3n) is 2.16. The summed E-state index contributed by atoms with van der Waals surface area (Å²) in [6.45, 7) is 0. The van der Waals surface area contributed by atoms with Crippen LogP contribution in [0.4, 0.5) is 0 Å². The van der Waals surface area contributed by atoms with Crippen LogP contribution in [0, 0.1) is 3.57 Å². The Morgan fingerprint density at radius 1 is 1.29 bits per heavy atom. The van der Waals surface area contributed by atoms with Gasteiger partial charge in [0, 0.05) is 9.77 Å². The van der Waals surface area contributed by atoms with Crippen LogP contribution in [-0.4, -0.2) is 20.9 Å². The highest BCUT2D eigenvalue weighted by Crippen LogP contribution is 2.13. The summed E-state index contributed by atoms with van der Waals surface area (Å²) >= 11 is 2.06. The van der Waals surface area contributed by atoms with E-state index in [1.807, 2.05) is 12.1 Å². The van der Waals surface area contributed by atoms with Gasteiger partial charge in [0.15, 0.2) is 0 Å². The van der Waals surface area contributed by atoms with E-state index in [0.29, 0.717) is 5.69 Å². The number of rotatable bonds is 2. The van der Waals surface area contributed by atoms with Gasteiger partial charge in [-0.25, -0.2) is 4.79 Å². The zero-order chi connectivity index (χ0) is 12.4. The monoisotopic (exact) mass is 342 g/mol. The van der Waals surface area contributed by atoms with Crippen LogP contribution in [0.5, 0.6) is 0 Å². The van der Waals surface area contributed by atoms with Crippen molar-refractivity contribution in [3.05, 3.63) is 56.0 Å². The van der Waals surface area contributed by atoms with Crippen molar-refractivity contribution >= 4 is 28.6 Å². The molecule has 1 N–H and O–H groups in total. The van der Waals surface area contributed by atoms with Crippen LogP contribution in [0.15, 0.2) is 41.3 Å². The smallest absolute Gasteiger partial charge is 0.341 e. The summed E-state index contributed by atoms with van der Waals surface area (Å²) in [5, 5.41) is 12.8. The third kappa shape index (κ3) is 2.21. The number of para-hydroxylation sites is 1. The highest BCUT2D eigenvalue weighted by molar-refractivity contribution is 14.1. The molecule has 86 valence electrons. The maximum atomic E-state index is 11.9. The fourth-order valence-corrected chi connectivity index (χ4v) is 1.99. The van der Waals surface area contributed by atoms with Crippen molar-refractivity contribution in [3.8, 4) is 5.69 Å². The van der Waals surface area contributed by atoms with Crippen molar-refractivity contribution in [2.75, 3.05) is 0 Å². The van der Waals surface area contributed by atoms with E-state index in [1.54, 1.807) is 12.1 Å². The molecule has 0 spiro atoms. The Bertz CT molecular complexity index is 637.